The highest BCUT2D eigenvalue weighted by atomic mass is 127. The van der Waals surface area contributed by atoms with Crippen LogP contribution >= 0.6 is 46.9 Å². The smallest absolute Gasteiger partial charge is 0.191 e. The number of nitrogens with zero attached hydrogens (tertiary/aromatic N) is 2. The summed E-state index contributed by atoms with van der Waals surface area (Å²) in [6.45, 7) is 3.40. The molecular formula is C14H18ClIN4S. The van der Waals surface area contributed by atoms with E-state index in [4.69, 9.17) is 11.6 Å². The summed E-state index contributed by atoms with van der Waals surface area (Å²) in [5.74, 6) is 0.748. The van der Waals surface area contributed by atoms with Crippen LogP contribution in [0.15, 0.2) is 35.5 Å². The maximum absolute atomic E-state index is 5.96. The van der Waals surface area contributed by atoms with Gasteiger partial charge < -0.3 is 10.6 Å². The van der Waals surface area contributed by atoms with E-state index >= 15 is 0 Å². The predicted molar refractivity (Wildman–Crippen MR) is 101 cm³/mol. The van der Waals surface area contributed by atoms with Crippen LogP contribution in [-0.4, -0.2) is 18.0 Å². The van der Waals surface area contributed by atoms with Gasteiger partial charge in [-0.1, -0.05) is 23.7 Å². The Labute approximate surface area is 151 Å². The second-order valence-electron chi connectivity index (χ2n) is 4.27. The molecule has 2 rings (SSSR count). The zero-order chi connectivity index (χ0) is 14.4. The van der Waals surface area contributed by atoms with Crippen LogP contribution < -0.4 is 10.6 Å². The summed E-state index contributed by atoms with van der Waals surface area (Å²) in [6.07, 6.45) is 1.88. The minimum absolute atomic E-state index is 0. The molecule has 2 aromatic rings. The Morgan fingerprint density at radius 2 is 2.10 bits per heavy atom. The summed E-state index contributed by atoms with van der Waals surface area (Å²) < 4.78 is 0. The van der Waals surface area contributed by atoms with Crippen molar-refractivity contribution in [3.63, 3.8) is 0 Å². The molecule has 0 aliphatic carbocycles. The largest absolute Gasteiger partial charge is 0.352 e. The van der Waals surface area contributed by atoms with Gasteiger partial charge in [0.25, 0.3) is 0 Å². The number of nitrogens with one attached hydrogen (secondary N) is 2. The first kappa shape index (κ1) is 18.2. The van der Waals surface area contributed by atoms with Crippen LogP contribution in [0.4, 0.5) is 0 Å². The molecule has 0 aliphatic heterocycles. The number of benzene rings is 1. The summed E-state index contributed by atoms with van der Waals surface area (Å²) >= 11 is 7.64. The molecule has 0 fully saturated rings. The van der Waals surface area contributed by atoms with E-state index in [-0.39, 0.29) is 24.0 Å². The van der Waals surface area contributed by atoms with Gasteiger partial charge in [-0.15, -0.1) is 35.3 Å². The Bertz CT molecular complexity index is 600. The molecule has 0 spiro atoms. The van der Waals surface area contributed by atoms with Crippen LogP contribution in [0.2, 0.25) is 5.02 Å². The third-order valence-corrected chi connectivity index (χ3v) is 3.80. The molecule has 0 saturated heterocycles. The van der Waals surface area contributed by atoms with Crippen LogP contribution in [0.1, 0.15) is 15.4 Å². The summed E-state index contributed by atoms with van der Waals surface area (Å²) in [7, 11) is 1.75. The Kier molecular flexibility index (Phi) is 7.98. The first-order valence-electron chi connectivity index (χ1n) is 6.27. The Morgan fingerprint density at radius 3 is 2.71 bits per heavy atom. The summed E-state index contributed by atoms with van der Waals surface area (Å²) in [5, 5.41) is 8.28. The van der Waals surface area contributed by atoms with E-state index < -0.39 is 0 Å². The molecule has 4 nitrogen and oxygen atoms in total. The zero-order valence-electron chi connectivity index (χ0n) is 11.9. The third-order valence-electron chi connectivity index (χ3n) is 2.65. The molecule has 1 aromatic carbocycles. The third kappa shape index (κ3) is 6.19. The molecule has 0 amide bonds. The Morgan fingerprint density at radius 1 is 1.33 bits per heavy atom. The summed E-state index contributed by atoms with van der Waals surface area (Å²) in [6, 6.07) is 7.76. The number of guanidine groups is 1. The number of hydrogen-bond donors (Lipinski definition) is 2. The van der Waals surface area contributed by atoms with Crippen molar-refractivity contribution in [2.24, 2.45) is 4.99 Å². The molecule has 0 saturated carbocycles. The lowest BCUT2D eigenvalue weighted by atomic mass is 10.2. The summed E-state index contributed by atoms with van der Waals surface area (Å²) in [4.78, 5) is 9.71. The van der Waals surface area contributed by atoms with E-state index in [1.165, 1.54) is 4.88 Å². The van der Waals surface area contributed by atoms with Gasteiger partial charge in [-0.3, -0.25) is 4.99 Å². The number of aromatic nitrogens is 1. The van der Waals surface area contributed by atoms with Gasteiger partial charge >= 0.3 is 0 Å². The van der Waals surface area contributed by atoms with Gasteiger partial charge in [-0.2, -0.15) is 0 Å². The second-order valence-corrected chi connectivity index (χ2v) is 6.03. The standard InChI is InChI=1S/C14H17ClN4S.HI/c1-10-7-17-13(20-10)9-19-14(16-2)18-8-11-4-3-5-12(15)6-11;/h3-7H,8-9H2,1-2H3,(H2,16,18,19);1H. The Hall–Kier alpha value is -0.860. The number of thiazole rings is 1. The highest BCUT2D eigenvalue weighted by Crippen LogP contribution is 2.11. The van der Waals surface area contributed by atoms with E-state index in [1.54, 1.807) is 18.4 Å². The lowest BCUT2D eigenvalue weighted by Gasteiger charge is -2.11. The molecule has 0 aliphatic rings. The molecule has 1 heterocycles. The van der Waals surface area contributed by atoms with E-state index in [1.807, 2.05) is 37.4 Å². The maximum atomic E-state index is 5.96. The van der Waals surface area contributed by atoms with E-state index in [2.05, 4.69) is 20.6 Å². The van der Waals surface area contributed by atoms with Crippen LogP contribution in [0.3, 0.4) is 0 Å². The number of halogens is 2. The van der Waals surface area contributed by atoms with Gasteiger partial charge in [0.05, 0.1) is 6.54 Å². The highest BCUT2D eigenvalue weighted by molar-refractivity contribution is 14.0. The number of rotatable bonds is 4. The van der Waals surface area contributed by atoms with Gasteiger partial charge in [-0.05, 0) is 24.6 Å². The molecule has 0 unspecified atom stereocenters. The topological polar surface area (TPSA) is 49.3 Å². The minimum Gasteiger partial charge on any atom is -0.352 e. The van der Waals surface area contributed by atoms with Crippen LogP contribution in [-0.2, 0) is 13.1 Å². The number of aryl methyl sites for hydroxylation is 1. The molecule has 1 aromatic heterocycles. The van der Waals surface area contributed by atoms with Crippen molar-refractivity contribution in [3.8, 4) is 0 Å². The van der Waals surface area contributed by atoms with Crippen LogP contribution in [0.25, 0.3) is 0 Å². The number of aliphatic imine (C=N–C) groups is 1. The fourth-order valence-corrected chi connectivity index (χ4v) is 2.64. The maximum Gasteiger partial charge on any atom is 0.191 e. The quantitative estimate of drug-likeness (QED) is 0.437. The SMILES string of the molecule is CN=C(NCc1cccc(Cl)c1)NCc1ncc(C)s1.I. The summed E-state index contributed by atoms with van der Waals surface area (Å²) in [5.41, 5.74) is 1.12. The van der Waals surface area contributed by atoms with Crippen LogP contribution in [0, 0.1) is 6.92 Å². The monoisotopic (exact) mass is 436 g/mol. The van der Waals surface area contributed by atoms with E-state index in [9.17, 15) is 0 Å². The highest BCUT2D eigenvalue weighted by Gasteiger charge is 2.02. The average Bonchev–Trinajstić information content (AvgIpc) is 2.85. The van der Waals surface area contributed by atoms with E-state index in [0.717, 1.165) is 21.6 Å². The molecule has 0 atom stereocenters. The fourth-order valence-electron chi connectivity index (χ4n) is 1.70. The van der Waals surface area contributed by atoms with Crippen molar-refractivity contribution in [1.29, 1.82) is 0 Å². The fraction of sp³-hybridized carbons (Fsp3) is 0.286. The second kappa shape index (κ2) is 9.22. The molecule has 7 heteroatoms. The van der Waals surface area contributed by atoms with Crippen molar-refractivity contribution in [3.05, 3.63) is 50.9 Å². The Balaban J connectivity index is 0.00000220. The van der Waals surface area contributed by atoms with Gasteiger partial charge in [0, 0.05) is 29.7 Å². The molecule has 2 N–H and O–H groups in total. The zero-order valence-corrected chi connectivity index (χ0v) is 15.8. The van der Waals surface area contributed by atoms with Crippen molar-refractivity contribution < 1.29 is 0 Å². The first-order valence-corrected chi connectivity index (χ1v) is 7.47. The van der Waals surface area contributed by atoms with E-state index in [0.29, 0.717) is 13.1 Å². The van der Waals surface area contributed by atoms with Crippen molar-refractivity contribution in [2.75, 3.05) is 7.05 Å². The predicted octanol–water partition coefficient (Wildman–Crippen LogP) is 3.59. The molecule has 0 bridgehead atoms. The number of hydrogen-bond acceptors (Lipinski definition) is 3. The molecule has 114 valence electrons. The van der Waals surface area contributed by atoms with Crippen molar-refractivity contribution in [1.82, 2.24) is 15.6 Å². The lowest BCUT2D eigenvalue weighted by Crippen LogP contribution is -2.36. The first-order chi connectivity index (χ1) is 9.67. The normalized spacial score (nSPS) is 10.9. The molecule has 0 radical (unpaired) electrons. The minimum atomic E-state index is 0. The molecular weight excluding hydrogens is 419 g/mol. The van der Waals surface area contributed by atoms with Gasteiger partial charge in [-0.25, -0.2) is 4.98 Å². The average molecular weight is 437 g/mol. The lowest BCUT2D eigenvalue weighted by molar-refractivity contribution is 0.805. The van der Waals surface area contributed by atoms with Gasteiger partial charge in [0.15, 0.2) is 5.96 Å². The van der Waals surface area contributed by atoms with Gasteiger partial charge in [0.1, 0.15) is 5.01 Å². The van der Waals surface area contributed by atoms with Crippen LogP contribution in [0.5, 0.6) is 0 Å². The molecule has 21 heavy (non-hydrogen) atoms. The van der Waals surface area contributed by atoms with Gasteiger partial charge in [0.2, 0.25) is 0 Å². The van der Waals surface area contributed by atoms with Crippen molar-refractivity contribution >= 4 is 52.9 Å². The van der Waals surface area contributed by atoms with Crippen molar-refractivity contribution in [2.45, 2.75) is 20.0 Å².